The van der Waals surface area contributed by atoms with Crippen LogP contribution >= 0.6 is 15.8 Å². The van der Waals surface area contributed by atoms with E-state index < -0.39 is 12.1 Å². The summed E-state index contributed by atoms with van der Waals surface area (Å²) in [6.45, 7) is 9.68. The molecule has 0 aromatic rings. The van der Waals surface area contributed by atoms with E-state index in [1.807, 2.05) is 0 Å². The van der Waals surface area contributed by atoms with Crippen molar-refractivity contribution in [2.75, 3.05) is 0 Å². The van der Waals surface area contributed by atoms with Gasteiger partial charge >= 0.3 is 48.7 Å². The van der Waals surface area contributed by atoms with Gasteiger partial charge in [0.1, 0.15) is 0 Å². The van der Waals surface area contributed by atoms with Crippen molar-refractivity contribution in [2.24, 2.45) is 0 Å². The average molecular weight is 629 g/mol. The van der Waals surface area contributed by atoms with Gasteiger partial charge in [0.25, 0.3) is 0 Å². The Bertz CT molecular complexity index is 502. The van der Waals surface area contributed by atoms with Crippen LogP contribution in [-0.4, -0.2) is 39.9 Å². The summed E-state index contributed by atoms with van der Waals surface area (Å²) >= 11 is 0. The molecule has 0 spiro atoms. The number of carboxylic acid groups (broad SMARTS) is 1. The Kier molecular flexibility index (Phi) is 16.8. The molecule has 0 amide bonds. The summed E-state index contributed by atoms with van der Waals surface area (Å²) in [4.78, 5) is 8.90. The predicted molar refractivity (Wildman–Crippen MR) is 125 cm³/mol. The van der Waals surface area contributed by atoms with Gasteiger partial charge in [-0.05, 0) is 99.7 Å². The molecule has 0 bridgehead atoms. The Labute approximate surface area is 225 Å². The van der Waals surface area contributed by atoms with E-state index in [2.05, 4.69) is 79.1 Å². The van der Waals surface area contributed by atoms with Crippen molar-refractivity contribution >= 4 is 21.8 Å². The molecule has 0 unspecified atom stereocenters. The van der Waals surface area contributed by atoms with Gasteiger partial charge in [-0.15, -0.1) is 0 Å². The number of aliphatic carboxylic acids is 1. The third kappa shape index (κ3) is 10.6. The van der Waals surface area contributed by atoms with Crippen LogP contribution in [0.3, 0.4) is 0 Å². The Morgan fingerprint density at radius 1 is 0.758 bits per heavy atom. The molecule has 2 aliphatic heterocycles. The molecule has 1 N–H and O–H groups in total. The molecule has 0 aromatic carbocycles. The molecule has 2 heterocycles. The number of hydrogen-bond donors (Lipinski definition) is 1. The summed E-state index contributed by atoms with van der Waals surface area (Å²) in [6, 6.07) is 0. The average Bonchev–Trinajstić information content (AvgIpc) is 3.46. The van der Waals surface area contributed by atoms with Crippen LogP contribution < -0.4 is 0 Å². The summed E-state index contributed by atoms with van der Waals surface area (Å²) in [5.41, 5.74) is 7.08. The van der Waals surface area contributed by atoms with Crippen molar-refractivity contribution in [3.63, 3.8) is 0 Å². The molecule has 4 fully saturated rings. The maximum absolute atomic E-state index is 10.6. The molecule has 2 nitrogen and oxygen atoms in total. The third-order valence-electron chi connectivity index (χ3n) is 6.03. The SMILES string of the molecule is C[C@@H]1CC[C@@H](C)P1[C]1[CH][CH][CH][CH]1.C[C@@H]1CC[C@@H](C)P1[C]1[CH][CH][CH][CH]1.O=C(O)C(F)(F)F.[Fe+2].[Ru+2]. The topological polar surface area (TPSA) is 37.3 Å². The fraction of sp³-hybridized carbons (Fsp3) is 0.542. The van der Waals surface area contributed by atoms with Crippen LogP contribution in [0.25, 0.3) is 0 Å². The second-order valence-electron chi connectivity index (χ2n) is 8.45. The smallest absolute Gasteiger partial charge is 0.475 e. The second kappa shape index (κ2) is 16.2. The molecule has 184 valence electrons. The van der Waals surface area contributed by atoms with Crippen LogP contribution in [0.15, 0.2) is 0 Å². The van der Waals surface area contributed by atoms with Crippen molar-refractivity contribution in [1.82, 2.24) is 0 Å². The van der Waals surface area contributed by atoms with Crippen LogP contribution in [0.2, 0.25) is 0 Å². The van der Waals surface area contributed by atoms with Crippen molar-refractivity contribution in [3.8, 4) is 0 Å². The van der Waals surface area contributed by atoms with E-state index in [1.54, 1.807) is 11.3 Å². The van der Waals surface area contributed by atoms with E-state index in [-0.39, 0.29) is 52.4 Å². The van der Waals surface area contributed by atoms with Gasteiger partial charge in [-0.1, -0.05) is 43.5 Å². The molecule has 2 aliphatic carbocycles. The maximum Gasteiger partial charge on any atom is 2.00 e. The zero-order chi connectivity index (χ0) is 23.2. The minimum atomic E-state index is -5.08. The quantitative estimate of drug-likeness (QED) is 0.255. The monoisotopic (exact) mass is 630 g/mol. The van der Waals surface area contributed by atoms with E-state index in [0.29, 0.717) is 0 Å². The first-order valence-corrected chi connectivity index (χ1v) is 13.8. The predicted octanol–water partition coefficient (Wildman–Crippen LogP) is 7.43. The number of alkyl halides is 3. The zero-order valence-corrected chi connectivity index (χ0v) is 24.0. The molecule has 4 rings (SSSR count). The van der Waals surface area contributed by atoms with E-state index in [1.165, 1.54) is 25.7 Å². The van der Waals surface area contributed by atoms with Crippen LogP contribution in [0.5, 0.6) is 0 Å². The van der Waals surface area contributed by atoms with Gasteiger partial charge in [0.2, 0.25) is 0 Å². The molecule has 33 heavy (non-hydrogen) atoms. The van der Waals surface area contributed by atoms with Crippen LogP contribution in [0.4, 0.5) is 13.2 Å². The Morgan fingerprint density at radius 3 is 1.15 bits per heavy atom. The van der Waals surface area contributed by atoms with Gasteiger partial charge < -0.3 is 5.11 Å². The van der Waals surface area contributed by atoms with Crippen LogP contribution in [0, 0.1) is 62.7 Å². The van der Waals surface area contributed by atoms with E-state index in [0.717, 1.165) is 22.6 Å². The molecule has 4 aliphatic rings. The van der Waals surface area contributed by atoms with Crippen LogP contribution in [0.1, 0.15) is 53.4 Å². The number of carbonyl (C=O) groups is 1. The number of carboxylic acids is 1. The Hall–Kier alpha value is 1.26. The number of hydrogen-bond acceptors (Lipinski definition) is 1. The molecule has 0 aromatic heterocycles. The van der Waals surface area contributed by atoms with Gasteiger partial charge in [-0.25, -0.2) is 4.79 Å². The van der Waals surface area contributed by atoms with Crippen molar-refractivity contribution in [3.05, 3.63) is 62.7 Å². The summed E-state index contributed by atoms with van der Waals surface area (Å²) in [6.07, 6.45) is 18.6. The molecule has 4 atom stereocenters. The first kappa shape index (κ1) is 34.3. The van der Waals surface area contributed by atoms with Gasteiger partial charge in [0, 0.05) is 11.3 Å². The van der Waals surface area contributed by atoms with Crippen molar-refractivity contribution < 1.29 is 59.6 Å². The van der Waals surface area contributed by atoms with Crippen LogP contribution in [-0.2, 0) is 41.3 Å². The van der Waals surface area contributed by atoms with Gasteiger partial charge in [0.05, 0.1) is 0 Å². The van der Waals surface area contributed by atoms with E-state index >= 15 is 0 Å². The van der Waals surface area contributed by atoms with Gasteiger partial charge in [-0.3, -0.25) is 0 Å². The summed E-state index contributed by atoms with van der Waals surface area (Å²) in [5.74, 6) is -2.76. The standard InChI is InChI=1S/2C11H16P.C2HF3O2.Fe.Ru/c2*1-9-7-8-10(2)12(9)11-5-3-4-6-11;3-2(4,5)1(6)7;;/h2*3-6,9-10H,7-8H2,1-2H3;(H,6,7);;/q;;;2*+2/t2*9-,10-;;;/m11.../s1. The summed E-state index contributed by atoms with van der Waals surface area (Å²) < 4.78 is 31.7. The second-order valence-corrected chi connectivity index (χ2v) is 14.6. The van der Waals surface area contributed by atoms with Crippen molar-refractivity contribution in [2.45, 2.75) is 82.2 Å². The minimum Gasteiger partial charge on any atom is -0.475 e. The fourth-order valence-electron chi connectivity index (χ4n) is 4.48. The normalized spacial score (nSPS) is 31.1. The van der Waals surface area contributed by atoms with Gasteiger partial charge in [-0.2, -0.15) is 13.2 Å². The first-order valence-electron chi connectivity index (χ1n) is 10.8. The Morgan fingerprint density at radius 2 is 0.970 bits per heavy atom. The van der Waals surface area contributed by atoms with E-state index in [4.69, 9.17) is 9.90 Å². The molecule has 9 heteroatoms. The number of rotatable bonds is 2. The molecule has 10 radical (unpaired) electrons. The van der Waals surface area contributed by atoms with Gasteiger partial charge in [0.15, 0.2) is 0 Å². The molecular weight excluding hydrogens is 596 g/mol. The third-order valence-corrected chi connectivity index (χ3v) is 12.7. The van der Waals surface area contributed by atoms with Crippen molar-refractivity contribution in [1.29, 1.82) is 0 Å². The largest absolute Gasteiger partial charge is 2.00 e. The fourth-order valence-corrected chi connectivity index (χ4v) is 11.0. The summed E-state index contributed by atoms with van der Waals surface area (Å²) in [7, 11) is 0.349. The minimum absolute atomic E-state index is 0. The molecule has 2 saturated carbocycles. The summed E-state index contributed by atoms with van der Waals surface area (Å²) in [5, 5.41) is 7.12. The molecule has 2 saturated heterocycles. The number of halogens is 3. The first-order chi connectivity index (χ1) is 14.5. The molecular formula is C24H33F3FeO2P2Ru+4. The zero-order valence-electron chi connectivity index (χ0n) is 19.3. The van der Waals surface area contributed by atoms with E-state index in [9.17, 15) is 13.2 Å². The Balaban J connectivity index is 0.000000470. The maximum atomic E-state index is 10.6.